The van der Waals surface area contributed by atoms with E-state index in [0.717, 1.165) is 11.8 Å². The van der Waals surface area contributed by atoms with Crippen LogP contribution in [0.25, 0.3) is 0 Å². The van der Waals surface area contributed by atoms with Gasteiger partial charge in [-0.15, -0.1) is 0 Å². The first kappa shape index (κ1) is 84.1. The number of guanidine groups is 1. The molecule has 12 atom stereocenters. The Hall–Kier alpha value is -9.90. The molecule has 0 aliphatic carbocycles. The Balaban J connectivity index is 3.49. The second-order valence-electron chi connectivity index (χ2n) is 22.8. The van der Waals surface area contributed by atoms with Crippen molar-refractivity contribution in [3.05, 3.63) is 0 Å². The second kappa shape index (κ2) is 43.2. The number of hydrogen-bond acceptors (Lipinski definition) is 22. The molecule has 30 N–H and O–H groups in total. The van der Waals surface area contributed by atoms with Crippen LogP contribution in [0.3, 0.4) is 0 Å². The zero-order chi connectivity index (χ0) is 73.1. The minimum absolute atomic E-state index is 0.0472. The van der Waals surface area contributed by atoms with Crippen molar-refractivity contribution in [2.24, 2.45) is 56.8 Å². The summed E-state index contributed by atoms with van der Waals surface area (Å²) < 4.78 is 0. The highest BCUT2D eigenvalue weighted by atomic mass is 16.4. The van der Waals surface area contributed by atoms with Crippen molar-refractivity contribution in [1.29, 1.82) is 0 Å². The number of carboxylic acids is 2. The molecule has 540 valence electrons. The van der Waals surface area contributed by atoms with E-state index in [1.165, 1.54) is 13.8 Å². The fraction of sp³-hybridized carbons (Fsp3) is 0.673. The molecule has 1 aliphatic rings. The third-order valence-electron chi connectivity index (χ3n) is 14.6. The van der Waals surface area contributed by atoms with Crippen molar-refractivity contribution >= 4 is 107 Å². The summed E-state index contributed by atoms with van der Waals surface area (Å²) in [4.78, 5) is 226. The van der Waals surface area contributed by atoms with Gasteiger partial charge in [-0.05, 0) is 90.0 Å². The number of hydrogen-bond donors (Lipinski definition) is 22. The smallest absolute Gasteiger partial charge is 0.326 e. The van der Waals surface area contributed by atoms with Crippen molar-refractivity contribution in [3.8, 4) is 0 Å². The molecule has 41 heteroatoms. The maximum atomic E-state index is 14.1. The molecule has 0 unspecified atom stereocenters. The number of aliphatic hydroxyl groups is 2. The third kappa shape index (κ3) is 31.4. The normalized spacial score (nSPS) is 16.0. The van der Waals surface area contributed by atoms with E-state index in [2.05, 4.69) is 58.2 Å². The molecule has 15 amide bonds. The molecule has 1 rings (SSSR count). The van der Waals surface area contributed by atoms with Gasteiger partial charge in [0.15, 0.2) is 5.96 Å². The molecule has 0 aromatic carbocycles. The van der Waals surface area contributed by atoms with E-state index in [1.807, 2.05) is 0 Å². The molecular weight excluding hydrogens is 1280 g/mol. The van der Waals surface area contributed by atoms with Gasteiger partial charge < -0.3 is 124 Å². The van der Waals surface area contributed by atoms with E-state index in [9.17, 15) is 102 Å². The predicted molar refractivity (Wildman–Crippen MR) is 333 cm³/mol. The van der Waals surface area contributed by atoms with Crippen molar-refractivity contribution in [2.75, 3.05) is 32.8 Å². The number of carbonyl (C=O) groups excluding carboxylic acids is 15. The quantitative estimate of drug-likeness (QED) is 0.0153. The molecule has 1 saturated heterocycles. The van der Waals surface area contributed by atoms with Crippen molar-refractivity contribution in [3.63, 3.8) is 0 Å². The van der Waals surface area contributed by atoms with Crippen LogP contribution >= 0.6 is 0 Å². The average molecular weight is 1370 g/mol. The maximum Gasteiger partial charge on any atom is 0.326 e. The predicted octanol–water partition coefficient (Wildman–Crippen LogP) is -11.4. The van der Waals surface area contributed by atoms with E-state index >= 15 is 0 Å². The summed E-state index contributed by atoms with van der Waals surface area (Å²) in [7, 11) is 0. The van der Waals surface area contributed by atoms with E-state index in [-0.39, 0.29) is 77.0 Å². The van der Waals surface area contributed by atoms with Gasteiger partial charge in [-0.25, -0.2) is 4.79 Å². The van der Waals surface area contributed by atoms with Crippen LogP contribution in [0, 0.1) is 5.92 Å². The molecule has 1 fully saturated rings. The molecule has 0 aromatic heterocycles. The van der Waals surface area contributed by atoms with E-state index in [1.54, 1.807) is 0 Å². The number of nitrogens with two attached hydrogens (primary N) is 8. The third-order valence-corrected chi connectivity index (χ3v) is 14.6. The first-order chi connectivity index (χ1) is 45.0. The minimum Gasteiger partial charge on any atom is -0.481 e. The number of rotatable bonds is 47. The molecule has 0 aromatic rings. The molecule has 96 heavy (non-hydrogen) atoms. The zero-order valence-electron chi connectivity index (χ0n) is 53.6. The summed E-state index contributed by atoms with van der Waals surface area (Å²) in [5.74, 6) is -20.0. The number of carboxylic acid groups (broad SMARTS) is 2. The number of aliphatic carboxylic acids is 2. The SMILES string of the molecule is CC(C)[C@H](NC(=O)[C@@H]1CCCN1C(=O)[C@H](CC(N)=O)NC(=O)[C@H](CCC(=O)O)NC(=O)[C@H](C)NC(=O)[C@H](CCC(N)=O)NC(=O)[C@H](CO)NC(=O)[C@H](CCCN=C(N)N)NC(=O)[C@H](CCC(N)=O)NC(=O)[C@H](CO)NC(=O)[C@H](CCCCN)NC(=O)[C@@H](N)CCC(N)=O)C(=O)O. The summed E-state index contributed by atoms with van der Waals surface area (Å²) >= 11 is 0. The van der Waals surface area contributed by atoms with Crippen LogP contribution in [0.2, 0.25) is 0 Å². The molecule has 0 spiro atoms. The number of primary amides is 4. The largest absolute Gasteiger partial charge is 0.481 e. The second-order valence-corrected chi connectivity index (χ2v) is 22.8. The highest BCUT2D eigenvalue weighted by Gasteiger charge is 2.41. The number of nitrogens with zero attached hydrogens (tertiary/aromatic N) is 2. The summed E-state index contributed by atoms with van der Waals surface area (Å²) in [5.41, 5.74) is 43.6. The lowest BCUT2D eigenvalue weighted by Crippen LogP contribution is -2.61. The van der Waals surface area contributed by atoms with Gasteiger partial charge in [-0.1, -0.05) is 13.8 Å². The van der Waals surface area contributed by atoms with E-state index in [0.29, 0.717) is 6.42 Å². The zero-order valence-corrected chi connectivity index (χ0v) is 53.6. The van der Waals surface area contributed by atoms with Crippen LogP contribution in [0.15, 0.2) is 4.99 Å². The maximum absolute atomic E-state index is 14.1. The number of amides is 15. The van der Waals surface area contributed by atoms with E-state index < -0.39 is 237 Å². The molecule has 41 nitrogen and oxygen atoms in total. The van der Waals surface area contributed by atoms with Crippen molar-refractivity contribution < 1.29 is 102 Å². The monoisotopic (exact) mass is 1370 g/mol. The number of unbranched alkanes of at least 4 members (excludes halogenated alkanes) is 1. The first-order valence-corrected chi connectivity index (χ1v) is 30.6. The number of nitrogens with one attached hydrogen (secondary N) is 10. The standard InChI is InChI=1S/C55H94N20O21/c1-25(2)42(54(95)96)74-52(93)36-10-7-21-75(36)53(94)33(22-40(61)81)71-49(90)32(14-18-41(82)83)66-43(84)26(3)65-45(86)30(12-16-38(59)79)69-50(91)34(23-76)73-47(88)29(9-6-20-64-55(62)63)68-48(89)31(13-17-39(60)80)70-51(92)35(24-77)72-46(87)28(8-4-5-19-56)67-44(85)27(57)11-15-37(58)78/h25-36,42,76-77H,4-24,56-57H2,1-3H3,(H2,58,78)(H2,59,79)(H2,60,80)(H2,61,81)(H,65,86)(H,66,84)(H,67,85)(H,68,89)(H,69,91)(H,70,92)(H,71,90)(H,72,87)(H,73,88)(H,74,93)(H,82,83)(H,95,96)(H4,62,63,64)/t26-,27-,28-,29-,30-,31-,32-,33-,34-,35-,36-,42-/m0/s1. The molecule has 1 aliphatic heterocycles. The molecule has 0 radical (unpaired) electrons. The fourth-order valence-corrected chi connectivity index (χ4v) is 9.25. The number of aliphatic imine (C=N–C) groups is 1. The lowest BCUT2D eigenvalue weighted by Gasteiger charge is -2.30. The Morgan fingerprint density at radius 1 is 0.469 bits per heavy atom. The highest BCUT2D eigenvalue weighted by Crippen LogP contribution is 2.21. The topological polar surface area (TPSA) is 715 Å². The average Bonchev–Trinajstić information content (AvgIpc) is 1.63. The van der Waals surface area contributed by atoms with E-state index in [4.69, 9.17) is 45.9 Å². The van der Waals surface area contributed by atoms with Crippen molar-refractivity contribution in [1.82, 2.24) is 58.1 Å². The number of aliphatic hydroxyl groups excluding tert-OH is 2. The Morgan fingerprint density at radius 3 is 1.28 bits per heavy atom. The lowest BCUT2D eigenvalue weighted by molar-refractivity contribution is -0.146. The van der Waals surface area contributed by atoms with Gasteiger partial charge >= 0.3 is 11.9 Å². The Kier molecular flexibility index (Phi) is 37.8. The van der Waals surface area contributed by atoms with Crippen molar-refractivity contribution in [2.45, 2.75) is 196 Å². The molecule has 0 saturated carbocycles. The summed E-state index contributed by atoms with van der Waals surface area (Å²) in [6, 6.07) is -19.8. The molecule has 0 bridgehead atoms. The van der Waals surface area contributed by atoms with Gasteiger partial charge in [0.25, 0.3) is 0 Å². The van der Waals surface area contributed by atoms with Crippen LogP contribution in [0.4, 0.5) is 0 Å². The van der Waals surface area contributed by atoms with Crippen LogP contribution in [-0.4, -0.2) is 237 Å². The Bertz CT molecular complexity index is 2810. The Morgan fingerprint density at radius 2 is 0.865 bits per heavy atom. The van der Waals surface area contributed by atoms with Gasteiger partial charge in [0.1, 0.15) is 66.5 Å². The van der Waals surface area contributed by atoms with Crippen LogP contribution in [0.5, 0.6) is 0 Å². The van der Waals surface area contributed by atoms with Crippen LogP contribution < -0.4 is 99.0 Å². The van der Waals surface area contributed by atoms with Gasteiger partial charge in [0.05, 0.1) is 25.7 Å². The number of likely N-dealkylation sites (tertiary alicyclic amines) is 1. The molecule has 1 heterocycles. The molecular formula is C55H94N20O21. The van der Waals surface area contributed by atoms with Crippen LogP contribution in [0.1, 0.15) is 124 Å². The Labute approximate surface area is 550 Å². The summed E-state index contributed by atoms with van der Waals surface area (Å²) in [6.07, 6.45) is -4.68. The summed E-state index contributed by atoms with van der Waals surface area (Å²) in [5, 5.41) is 62.6. The van der Waals surface area contributed by atoms with Gasteiger partial charge in [-0.2, -0.15) is 0 Å². The van der Waals surface area contributed by atoms with Gasteiger partial charge in [0, 0.05) is 38.8 Å². The first-order valence-electron chi connectivity index (χ1n) is 30.6. The minimum atomic E-state index is -2.00. The fourth-order valence-electron chi connectivity index (χ4n) is 9.25. The van der Waals surface area contributed by atoms with Crippen LogP contribution in [-0.2, 0) is 81.5 Å². The lowest BCUT2D eigenvalue weighted by atomic mass is 10.0. The summed E-state index contributed by atoms with van der Waals surface area (Å²) in [6.45, 7) is 1.73. The number of carbonyl (C=O) groups is 17. The highest BCUT2D eigenvalue weighted by molar-refractivity contribution is 6.00. The van der Waals surface area contributed by atoms with Gasteiger partial charge in [-0.3, -0.25) is 81.7 Å². The van der Waals surface area contributed by atoms with Gasteiger partial charge in [0.2, 0.25) is 88.6 Å².